The topological polar surface area (TPSA) is 80.3 Å². The van der Waals surface area contributed by atoms with Crippen molar-refractivity contribution in [1.29, 1.82) is 0 Å². The highest BCUT2D eigenvalue weighted by Gasteiger charge is 2.65. The lowest BCUT2D eigenvalue weighted by atomic mass is 9.92. The smallest absolute Gasteiger partial charge is 0.432 e. The molecule has 2 rings (SSSR count). The van der Waals surface area contributed by atoms with Crippen molar-refractivity contribution in [2.45, 2.75) is 93.7 Å². The fourth-order valence-corrected chi connectivity index (χ4v) is 5.29. The van der Waals surface area contributed by atoms with Crippen LogP contribution in [-0.2, 0) is 44.5 Å². The van der Waals surface area contributed by atoms with Crippen LogP contribution in [0.25, 0.3) is 0 Å². The van der Waals surface area contributed by atoms with Crippen molar-refractivity contribution in [2.24, 2.45) is 0 Å². The molecule has 0 bridgehead atoms. The van der Waals surface area contributed by atoms with Crippen molar-refractivity contribution in [1.82, 2.24) is 0 Å². The molecule has 51 heavy (non-hydrogen) atoms. The predicted octanol–water partition coefficient (Wildman–Crippen LogP) is 7.98. The van der Waals surface area contributed by atoms with Gasteiger partial charge in [-0.3, -0.25) is 0 Å². The largest absolute Gasteiger partial charge is 0.456 e. The highest BCUT2D eigenvalue weighted by molar-refractivity contribution is 5.83. The highest BCUT2D eigenvalue weighted by atomic mass is 19.4. The lowest BCUT2D eigenvalue weighted by Gasteiger charge is -2.34. The minimum Gasteiger partial charge on any atom is -0.456 e. The first-order valence-corrected chi connectivity index (χ1v) is 16.1. The maximum Gasteiger partial charge on any atom is 0.432 e. The second kappa shape index (κ2) is 19.9. The van der Waals surface area contributed by atoms with Crippen molar-refractivity contribution < 1.29 is 59.6 Å². The number of esters is 2. The molecular formula is C38H42F6O7. The normalized spacial score (nSPS) is 15.6. The molecule has 278 valence electrons. The molecule has 0 amide bonds. The Balaban J connectivity index is 2.38. The predicted molar refractivity (Wildman–Crippen MR) is 177 cm³/mol. The Kier molecular flexibility index (Phi) is 16.7. The second-order valence-electron chi connectivity index (χ2n) is 11.3. The zero-order chi connectivity index (χ0) is 38.1. The van der Waals surface area contributed by atoms with Gasteiger partial charge in [-0.2, -0.15) is 26.3 Å². The van der Waals surface area contributed by atoms with Crippen LogP contribution < -0.4 is 0 Å². The van der Waals surface area contributed by atoms with E-state index in [-0.39, 0.29) is 6.42 Å². The Bertz CT molecular complexity index is 1520. The highest BCUT2D eigenvalue weighted by Crippen LogP contribution is 2.44. The van der Waals surface area contributed by atoms with E-state index in [1.807, 2.05) is 6.92 Å². The first kappa shape index (κ1) is 42.9. The van der Waals surface area contributed by atoms with Gasteiger partial charge in [0.25, 0.3) is 11.2 Å². The van der Waals surface area contributed by atoms with Crippen molar-refractivity contribution >= 4 is 11.9 Å². The van der Waals surface area contributed by atoms with Crippen LogP contribution in [0.3, 0.4) is 0 Å². The number of ether oxygens (including phenoxy) is 5. The van der Waals surface area contributed by atoms with Gasteiger partial charge in [0.1, 0.15) is 6.10 Å². The fraction of sp³-hybridized carbons (Fsp3) is 0.474. The van der Waals surface area contributed by atoms with Crippen molar-refractivity contribution in [2.75, 3.05) is 21.3 Å². The standard InChI is InChI=1S/C38H42F6O7/c1-6-8-9-10-19-26-31(47-3)32(51-34(46)36(49-5,38(42,43)44)29-23-16-12-17-24-29)27-20-13-18-25-30(7-2)50-33(45)35(48-4,37(39,40)41)28-21-14-11-15-22-28/h7,11-12,14-17,21-24,30-32H,2,6,8-10,19,26-27H2,1,3-5H3/t30-,31-,32-,35+,36+/m1/s1. The third-order valence-corrected chi connectivity index (χ3v) is 8.03. The second-order valence-corrected chi connectivity index (χ2v) is 11.3. The van der Waals surface area contributed by atoms with Gasteiger partial charge >= 0.3 is 24.3 Å². The zero-order valence-corrected chi connectivity index (χ0v) is 28.9. The van der Waals surface area contributed by atoms with E-state index in [9.17, 15) is 35.9 Å². The molecule has 0 unspecified atom stereocenters. The van der Waals surface area contributed by atoms with Gasteiger partial charge in [-0.25, -0.2) is 9.59 Å². The van der Waals surface area contributed by atoms with Gasteiger partial charge in [-0.1, -0.05) is 112 Å². The van der Waals surface area contributed by atoms with Crippen LogP contribution in [0.15, 0.2) is 73.3 Å². The number of halogens is 6. The summed E-state index contributed by atoms with van der Waals surface area (Å²) in [4.78, 5) is 26.4. The first-order valence-electron chi connectivity index (χ1n) is 16.1. The number of alkyl halides is 6. The van der Waals surface area contributed by atoms with E-state index in [1.165, 1.54) is 43.5 Å². The molecule has 0 aliphatic heterocycles. The summed E-state index contributed by atoms with van der Waals surface area (Å²) in [6, 6.07) is 12.5. The molecule has 0 heterocycles. The number of hydrogen-bond acceptors (Lipinski definition) is 7. The van der Waals surface area contributed by atoms with Crippen LogP contribution in [0.2, 0.25) is 0 Å². The zero-order valence-electron chi connectivity index (χ0n) is 28.9. The fourth-order valence-electron chi connectivity index (χ4n) is 5.29. The van der Waals surface area contributed by atoms with Gasteiger partial charge in [-0.05, 0) is 30.3 Å². The lowest BCUT2D eigenvalue weighted by Crippen LogP contribution is -2.53. The number of carbonyl (C=O) groups is 2. The summed E-state index contributed by atoms with van der Waals surface area (Å²) in [6.07, 6.45) is -8.83. The Morgan fingerprint density at radius 1 is 0.725 bits per heavy atom. The Morgan fingerprint density at radius 3 is 1.65 bits per heavy atom. The Hall–Kier alpha value is -4.30. The number of hydrogen-bond donors (Lipinski definition) is 0. The molecule has 0 aliphatic rings. The molecule has 5 atom stereocenters. The summed E-state index contributed by atoms with van der Waals surface area (Å²) in [7, 11) is 2.80. The number of rotatable bonds is 18. The van der Waals surface area contributed by atoms with Gasteiger partial charge in [-0.15, -0.1) is 0 Å². The molecule has 0 N–H and O–H groups in total. The van der Waals surface area contributed by atoms with Gasteiger partial charge in [0, 0.05) is 38.9 Å². The molecule has 0 saturated carbocycles. The maximum atomic E-state index is 14.6. The number of unbranched alkanes of at least 4 members (excludes halogenated alkanes) is 4. The molecule has 0 spiro atoms. The van der Waals surface area contributed by atoms with E-state index in [0.717, 1.165) is 70.2 Å². The van der Waals surface area contributed by atoms with E-state index in [4.69, 9.17) is 23.7 Å². The number of carbonyl (C=O) groups excluding carboxylic acids is 2. The lowest BCUT2D eigenvalue weighted by molar-refractivity contribution is -0.279. The van der Waals surface area contributed by atoms with Gasteiger partial charge in [0.15, 0.2) is 6.10 Å². The van der Waals surface area contributed by atoms with E-state index < -0.39 is 64.9 Å². The third-order valence-electron chi connectivity index (χ3n) is 8.03. The molecule has 0 radical (unpaired) electrons. The average Bonchev–Trinajstić information content (AvgIpc) is 3.09. The summed E-state index contributed by atoms with van der Waals surface area (Å²) < 4.78 is 112. The first-order chi connectivity index (χ1) is 24.2. The Labute approximate surface area is 294 Å². The van der Waals surface area contributed by atoms with Crippen LogP contribution in [0.4, 0.5) is 26.3 Å². The average molecular weight is 725 g/mol. The van der Waals surface area contributed by atoms with Gasteiger partial charge in [0.2, 0.25) is 0 Å². The van der Waals surface area contributed by atoms with E-state index >= 15 is 0 Å². The third kappa shape index (κ3) is 10.6. The molecule has 0 aromatic heterocycles. The quantitative estimate of drug-likeness (QED) is 0.0508. The van der Waals surface area contributed by atoms with Crippen molar-refractivity contribution in [3.8, 4) is 23.7 Å². The molecule has 7 nitrogen and oxygen atoms in total. The Morgan fingerprint density at radius 2 is 1.22 bits per heavy atom. The monoisotopic (exact) mass is 724 g/mol. The molecule has 0 aliphatic carbocycles. The van der Waals surface area contributed by atoms with Gasteiger partial charge < -0.3 is 23.7 Å². The molecule has 2 aromatic rings. The van der Waals surface area contributed by atoms with Crippen molar-refractivity contribution in [3.05, 3.63) is 84.4 Å². The number of methoxy groups -OCH3 is 3. The minimum atomic E-state index is -5.22. The van der Waals surface area contributed by atoms with E-state index in [1.54, 1.807) is 0 Å². The molecule has 0 saturated heterocycles. The van der Waals surface area contributed by atoms with Crippen LogP contribution in [0.5, 0.6) is 0 Å². The summed E-state index contributed by atoms with van der Waals surface area (Å²) in [5.74, 6) is 6.22. The van der Waals surface area contributed by atoms with Crippen molar-refractivity contribution in [3.63, 3.8) is 0 Å². The summed E-state index contributed by atoms with van der Waals surface area (Å²) >= 11 is 0. The summed E-state index contributed by atoms with van der Waals surface area (Å²) in [6.45, 7) is 5.49. The van der Waals surface area contributed by atoms with Crippen LogP contribution in [0.1, 0.15) is 63.0 Å². The number of benzene rings is 2. The van der Waals surface area contributed by atoms with E-state index in [0.29, 0.717) is 12.8 Å². The maximum absolute atomic E-state index is 14.6. The summed E-state index contributed by atoms with van der Waals surface area (Å²) in [5, 5.41) is 0. The summed E-state index contributed by atoms with van der Waals surface area (Å²) in [5.41, 5.74) is -7.92. The molecule has 2 aromatic carbocycles. The van der Waals surface area contributed by atoms with E-state index in [2.05, 4.69) is 30.3 Å². The van der Waals surface area contributed by atoms with Crippen LogP contribution in [-0.4, -0.2) is 63.9 Å². The molecule has 0 fully saturated rings. The van der Waals surface area contributed by atoms with Crippen LogP contribution >= 0.6 is 0 Å². The molecular weight excluding hydrogens is 682 g/mol. The molecule has 13 heteroatoms. The SMILES string of the molecule is C=C[C@H](C#CC#CC[C@@H](OC(=O)[C@@](OC)(c1ccccc1)C(F)(F)F)[C@@H](CCCCCCC)OC)OC(=O)[C@@](OC)(c1ccccc1)C(F)(F)F. The van der Waals surface area contributed by atoms with Crippen LogP contribution in [0, 0.1) is 23.7 Å². The van der Waals surface area contributed by atoms with Gasteiger partial charge in [0.05, 0.1) is 6.10 Å². The minimum absolute atomic E-state index is 0.333.